The maximum atomic E-state index is 12.9. The summed E-state index contributed by atoms with van der Waals surface area (Å²) < 4.78 is 5.13. The van der Waals surface area contributed by atoms with E-state index in [1.165, 1.54) is 0 Å². The first-order chi connectivity index (χ1) is 15.1. The number of ether oxygens (including phenoxy) is 1. The third-order valence-electron chi connectivity index (χ3n) is 4.51. The van der Waals surface area contributed by atoms with Gasteiger partial charge in [-0.1, -0.05) is 66.7 Å². The summed E-state index contributed by atoms with van der Waals surface area (Å²) in [4.78, 5) is 51.0. The number of amides is 2. The zero-order valence-electron chi connectivity index (χ0n) is 16.8. The van der Waals surface area contributed by atoms with Crippen molar-refractivity contribution < 1.29 is 23.9 Å². The molecule has 6 heteroatoms. The van der Waals surface area contributed by atoms with E-state index in [9.17, 15) is 19.2 Å². The maximum Gasteiger partial charge on any atom is 0.313 e. The lowest BCUT2D eigenvalue weighted by atomic mass is 10.1. The molecule has 0 radical (unpaired) electrons. The Morgan fingerprint density at radius 2 is 1.03 bits per heavy atom. The van der Waals surface area contributed by atoms with Crippen molar-refractivity contribution >= 4 is 23.6 Å². The van der Waals surface area contributed by atoms with Crippen LogP contribution in [-0.2, 0) is 9.53 Å². The Bertz CT molecular complexity index is 998. The number of imide groups is 1. The fraction of sp³-hybridized carbons (Fsp3) is 0.120. The van der Waals surface area contributed by atoms with Crippen LogP contribution in [0.3, 0.4) is 0 Å². The molecule has 156 valence electrons. The smallest absolute Gasteiger partial charge is 0.313 e. The number of nitrogens with zero attached hydrogens (tertiary/aromatic N) is 1. The van der Waals surface area contributed by atoms with E-state index < -0.39 is 24.2 Å². The minimum Gasteiger partial charge on any atom is -0.463 e. The summed E-state index contributed by atoms with van der Waals surface area (Å²) in [6.07, 6.45) is -0.413. The van der Waals surface area contributed by atoms with E-state index in [1.807, 2.05) is 0 Å². The summed E-state index contributed by atoms with van der Waals surface area (Å²) in [6.45, 7) is -0.342. The van der Waals surface area contributed by atoms with Crippen LogP contribution in [-0.4, -0.2) is 41.6 Å². The van der Waals surface area contributed by atoms with Crippen molar-refractivity contribution in [1.82, 2.24) is 4.90 Å². The second-order valence-corrected chi connectivity index (χ2v) is 6.68. The summed E-state index contributed by atoms with van der Waals surface area (Å²) in [6, 6.07) is 25.2. The molecule has 0 spiro atoms. The first-order valence-electron chi connectivity index (χ1n) is 9.76. The number of hydrogen-bond acceptors (Lipinski definition) is 5. The standard InChI is InChI=1S/C25H21NO5/c27-22(19-10-4-1-5-11-19)18-23(28)31-17-16-26(24(29)20-12-6-2-7-13-20)25(30)21-14-8-3-9-15-21/h1-15H,16-18H2. The lowest BCUT2D eigenvalue weighted by Gasteiger charge is -2.21. The topological polar surface area (TPSA) is 80.8 Å². The summed E-state index contributed by atoms with van der Waals surface area (Å²) >= 11 is 0. The summed E-state index contributed by atoms with van der Waals surface area (Å²) in [5, 5.41) is 0. The maximum absolute atomic E-state index is 12.9. The van der Waals surface area contributed by atoms with Crippen LogP contribution in [0.25, 0.3) is 0 Å². The molecule has 0 aliphatic heterocycles. The molecule has 0 fully saturated rings. The van der Waals surface area contributed by atoms with Gasteiger partial charge in [-0.2, -0.15) is 0 Å². The summed E-state index contributed by atoms with van der Waals surface area (Å²) in [5.41, 5.74) is 1.11. The number of benzene rings is 3. The molecule has 0 bridgehead atoms. The molecule has 0 saturated heterocycles. The predicted molar refractivity (Wildman–Crippen MR) is 115 cm³/mol. The van der Waals surface area contributed by atoms with Crippen LogP contribution in [0.2, 0.25) is 0 Å². The minimum absolute atomic E-state index is 0.132. The quantitative estimate of drug-likeness (QED) is 0.242. The van der Waals surface area contributed by atoms with Gasteiger partial charge in [0.25, 0.3) is 11.8 Å². The highest BCUT2D eigenvalue weighted by Crippen LogP contribution is 2.11. The first-order valence-corrected chi connectivity index (χ1v) is 9.76. The average Bonchev–Trinajstić information content (AvgIpc) is 2.82. The Kier molecular flexibility index (Phi) is 7.43. The molecule has 0 atom stereocenters. The van der Waals surface area contributed by atoms with E-state index in [4.69, 9.17) is 4.74 Å². The van der Waals surface area contributed by atoms with Crippen molar-refractivity contribution in [2.75, 3.05) is 13.2 Å². The zero-order valence-corrected chi connectivity index (χ0v) is 16.8. The van der Waals surface area contributed by atoms with E-state index in [2.05, 4.69) is 0 Å². The van der Waals surface area contributed by atoms with Crippen LogP contribution in [0, 0.1) is 0 Å². The Hall–Kier alpha value is -4.06. The number of hydrogen-bond donors (Lipinski definition) is 0. The molecule has 0 aliphatic carbocycles. The first kappa shape index (κ1) is 21.6. The van der Waals surface area contributed by atoms with Crippen LogP contribution < -0.4 is 0 Å². The molecule has 0 aliphatic rings. The molecule has 0 unspecified atom stereocenters. The monoisotopic (exact) mass is 415 g/mol. The van der Waals surface area contributed by atoms with Crippen molar-refractivity contribution in [2.45, 2.75) is 6.42 Å². The van der Waals surface area contributed by atoms with Gasteiger partial charge in [0, 0.05) is 16.7 Å². The van der Waals surface area contributed by atoms with E-state index >= 15 is 0 Å². The molecule has 0 aromatic heterocycles. The van der Waals surface area contributed by atoms with Crippen molar-refractivity contribution in [2.24, 2.45) is 0 Å². The van der Waals surface area contributed by atoms with Crippen LogP contribution in [0.4, 0.5) is 0 Å². The van der Waals surface area contributed by atoms with Crippen LogP contribution in [0.15, 0.2) is 91.0 Å². The Balaban J connectivity index is 1.64. The largest absolute Gasteiger partial charge is 0.463 e. The van der Waals surface area contributed by atoms with E-state index in [0.717, 1.165) is 4.90 Å². The van der Waals surface area contributed by atoms with Crippen molar-refractivity contribution in [3.63, 3.8) is 0 Å². The molecular formula is C25H21NO5. The number of Topliss-reactive ketones (excluding diaryl/α,β-unsaturated/α-hetero) is 1. The number of carbonyl (C=O) groups excluding carboxylic acids is 4. The summed E-state index contributed by atoms with van der Waals surface area (Å²) in [5.74, 6) is -2.06. The highest BCUT2D eigenvalue weighted by atomic mass is 16.5. The number of rotatable bonds is 8. The third kappa shape index (κ3) is 5.96. The molecule has 2 amide bonds. The van der Waals surface area contributed by atoms with Gasteiger partial charge in [-0.05, 0) is 24.3 Å². The fourth-order valence-corrected chi connectivity index (χ4v) is 2.93. The number of carbonyl (C=O) groups is 4. The molecule has 3 aromatic carbocycles. The number of esters is 1. The van der Waals surface area contributed by atoms with Gasteiger partial charge in [-0.15, -0.1) is 0 Å². The highest BCUT2D eigenvalue weighted by molar-refractivity contribution is 6.10. The lowest BCUT2D eigenvalue weighted by molar-refractivity contribution is -0.142. The van der Waals surface area contributed by atoms with Gasteiger partial charge in [-0.25, -0.2) is 0 Å². The van der Waals surface area contributed by atoms with Crippen molar-refractivity contribution in [1.29, 1.82) is 0 Å². The Labute approximate surface area is 180 Å². The molecule has 6 nitrogen and oxygen atoms in total. The SMILES string of the molecule is O=C(CC(=O)c1ccccc1)OCCN(C(=O)c1ccccc1)C(=O)c1ccccc1. The average molecular weight is 415 g/mol. The third-order valence-corrected chi connectivity index (χ3v) is 4.51. The van der Waals surface area contributed by atoms with Gasteiger partial charge in [0.05, 0.1) is 6.54 Å². The molecule has 3 rings (SSSR count). The number of ketones is 1. The second kappa shape index (κ2) is 10.6. The van der Waals surface area contributed by atoms with E-state index in [0.29, 0.717) is 16.7 Å². The molecule has 0 saturated carbocycles. The fourth-order valence-electron chi connectivity index (χ4n) is 2.93. The van der Waals surface area contributed by atoms with Gasteiger partial charge in [0.1, 0.15) is 13.0 Å². The normalized spacial score (nSPS) is 10.2. The molecular weight excluding hydrogens is 394 g/mol. The highest BCUT2D eigenvalue weighted by Gasteiger charge is 2.24. The molecule has 0 heterocycles. The Morgan fingerprint density at radius 1 is 0.613 bits per heavy atom. The summed E-state index contributed by atoms with van der Waals surface area (Å²) in [7, 11) is 0. The van der Waals surface area contributed by atoms with Gasteiger partial charge in [0.15, 0.2) is 5.78 Å². The van der Waals surface area contributed by atoms with E-state index in [-0.39, 0.29) is 18.9 Å². The lowest BCUT2D eigenvalue weighted by Crippen LogP contribution is -2.39. The van der Waals surface area contributed by atoms with Crippen LogP contribution in [0.1, 0.15) is 37.5 Å². The molecule has 31 heavy (non-hydrogen) atoms. The molecule has 0 N–H and O–H groups in total. The van der Waals surface area contributed by atoms with Crippen molar-refractivity contribution in [3.8, 4) is 0 Å². The minimum atomic E-state index is -0.715. The second-order valence-electron chi connectivity index (χ2n) is 6.68. The van der Waals surface area contributed by atoms with Gasteiger partial charge < -0.3 is 4.74 Å². The van der Waals surface area contributed by atoms with Gasteiger partial charge in [-0.3, -0.25) is 24.1 Å². The van der Waals surface area contributed by atoms with Crippen molar-refractivity contribution in [3.05, 3.63) is 108 Å². The van der Waals surface area contributed by atoms with Crippen LogP contribution in [0.5, 0.6) is 0 Å². The zero-order chi connectivity index (χ0) is 22.1. The van der Waals surface area contributed by atoms with E-state index in [1.54, 1.807) is 91.0 Å². The molecule has 3 aromatic rings. The predicted octanol–water partition coefficient (Wildman–Crippen LogP) is 3.79. The van der Waals surface area contributed by atoms with Gasteiger partial charge >= 0.3 is 5.97 Å². The Morgan fingerprint density at radius 3 is 1.48 bits per heavy atom. The van der Waals surface area contributed by atoms with Crippen LogP contribution >= 0.6 is 0 Å². The van der Waals surface area contributed by atoms with Gasteiger partial charge in [0.2, 0.25) is 0 Å².